The second-order valence-corrected chi connectivity index (χ2v) is 4.81. The Morgan fingerprint density at radius 2 is 1.94 bits per heavy atom. The van der Waals surface area contributed by atoms with Crippen molar-refractivity contribution < 1.29 is 0 Å². The van der Waals surface area contributed by atoms with E-state index in [2.05, 4.69) is 10.5 Å². The van der Waals surface area contributed by atoms with Crippen LogP contribution in [-0.4, -0.2) is 9.78 Å². The highest BCUT2D eigenvalue weighted by Gasteiger charge is 2.12. The van der Waals surface area contributed by atoms with Gasteiger partial charge in [0.25, 0.3) is 0 Å². The lowest BCUT2D eigenvalue weighted by molar-refractivity contribution is 0.832. The predicted molar refractivity (Wildman–Crippen MR) is 69.5 cm³/mol. The molecule has 0 unspecified atom stereocenters. The van der Waals surface area contributed by atoms with Gasteiger partial charge in [-0.2, -0.15) is 10.4 Å². The molecule has 86 valence electrons. The molecule has 1 aromatic heterocycles. The number of thiocyanates is 1. The lowest BCUT2D eigenvalue weighted by atomic mass is 10.3. The Balaban J connectivity index is 2.50. The molecule has 0 fully saturated rings. The van der Waals surface area contributed by atoms with E-state index in [1.165, 1.54) is 0 Å². The molecule has 1 aromatic carbocycles. The summed E-state index contributed by atoms with van der Waals surface area (Å²) < 4.78 is 1.82. The van der Waals surface area contributed by atoms with Crippen molar-refractivity contribution >= 4 is 23.4 Å². The third-order valence-corrected chi connectivity index (χ3v) is 3.58. The fourth-order valence-electron chi connectivity index (χ4n) is 1.66. The van der Waals surface area contributed by atoms with Crippen LogP contribution >= 0.6 is 23.4 Å². The van der Waals surface area contributed by atoms with Crippen molar-refractivity contribution in [3.63, 3.8) is 0 Å². The number of hydrogen-bond acceptors (Lipinski definition) is 3. The maximum Gasteiger partial charge on any atom is 0.138 e. The first kappa shape index (κ1) is 12.0. The maximum absolute atomic E-state index is 8.74. The molecule has 0 aliphatic carbocycles. The van der Waals surface area contributed by atoms with Gasteiger partial charge >= 0.3 is 0 Å². The number of nitrogens with zero attached hydrogens (tertiary/aromatic N) is 3. The molecule has 17 heavy (non-hydrogen) atoms. The van der Waals surface area contributed by atoms with E-state index in [4.69, 9.17) is 16.9 Å². The number of nitriles is 1. The van der Waals surface area contributed by atoms with E-state index in [9.17, 15) is 0 Å². The zero-order chi connectivity index (χ0) is 12.4. The fraction of sp³-hybridized carbons (Fsp3) is 0.167. The molecule has 0 saturated heterocycles. The Labute approximate surface area is 109 Å². The fourth-order valence-corrected chi connectivity index (χ4v) is 2.30. The lowest BCUT2D eigenvalue weighted by Crippen LogP contribution is -1.98. The van der Waals surface area contributed by atoms with Crippen molar-refractivity contribution in [3.05, 3.63) is 40.7 Å². The molecule has 0 amide bonds. The second-order valence-electron chi connectivity index (χ2n) is 3.58. The first-order valence-corrected chi connectivity index (χ1v) is 6.21. The smallest absolute Gasteiger partial charge is 0.138 e. The summed E-state index contributed by atoms with van der Waals surface area (Å²) in [5, 5.41) is 16.0. The third kappa shape index (κ3) is 2.31. The van der Waals surface area contributed by atoms with Gasteiger partial charge in [0.05, 0.1) is 22.0 Å². The highest BCUT2D eigenvalue weighted by Crippen LogP contribution is 2.27. The molecule has 1 heterocycles. The number of hydrogen-bond donors (Lipinski definition) is 0. The summed E-state index contributed by atoms with van der Waals surface area (Å²) in [6.07, 6.45) is 0. The lowest BCUT2D eigenvalue weighted by Gasteiger charge is -2.04. The topological polar surface area (TPSA) is 41.6 Å². The SMILES string of the molecule is Cc1nn(-c2ccc(Cl)cc2)c(C)c1SC#N. The van der Waals surface area contributed by atoms with Crippen molar-refractivity contribution in [2.24, 2.45) is 0 Å². The van der Waals surface area contributed by atoms with E-state index in [1.54, 1.807) is 0 Å². The molecule has 2 rings (SSSR count). The van der Waals surface area contributed by atoms with Crippen LogP contribution in [0.5, 0.6) is 0 Å². The van der Waals surface area contributed by atoms with Crippen LogP contribution in [0.4, 0.5) is 0 Å². The van der Waals surface area contributed by atoms with Crippen molar-refractivity contribution in [1.29, 1.82) is 5.26 Å². The van der Waals surface area contributed by atoms with E-state index < -0.39 is 0 Å². The average molecular weight is 264 g/mol. The zero-order valence-electron chi connectivity index (χ0n) is 9.44. The van der Waals surface area contributed by atoms with Crippen LogP contribution in [0.25, 0.3) is 5.69 Å². The standard InChI is InChI=1S/C12H10ClN3S/c1-8-12(17-7-14)9(2)16(15-8)11-5-3-10(13)4-6-11/h3-6H,1-2H3. The van der Waals surface area contributed by atoms with Crippen LogP contribution in [-0.2, 0) is 0 Å². The molecule has 0 aliphatic rings. The van der Waals surface area contributed by atoms with Crippen LogP contribution in [0, 0.1) is 24.5 Å². The summed E-state index contributed by atoms with van der Waals surface area (Å²) in [7, 11) is 0. The third-order valence-electron chi connectivity index (χ3n) is 2.44. The van der Waals surface area contributed by atoms with Gasteiger partial charge in [-0.15, -0.1) is 0 Å². The van der Waals surface area contributed by atoms with Crippen molar-refractivity contribution in [1.82, 2.24) is 9.78 Å². The van der Waals surface area contributed by atoms with Gasteiger partial charge in [0.1, 0.15) is 5.40 Å². The molecule has 0 N–H and O–H groups in total. The summed E-state index contributed by atoms with van der Waals surface area (Å²) in [6, 6.07) is 7.46. The highest BCUT2D eigenvalue weighted by atomic mass is 35.5. The quantitative estimate of drug-likeness (QED) is 0.613. The van der Waals surface area contributed by atoms with Gasteiger partial charge in [-0.05, 0) is 49.9 Å². The van der Waals surface area contributed by atoms with Crippen molar-refractivity contribution in [3.8, 4) is 11.1 Å². The Morgan fingerprint density at radius 3 is 2.53 bits per heavy atom. The molecule has 0 radical (unpaired) electrons. The molecule has 0 aliphatic heterocycles. The molecule has 0 atom stereocenters. The van der Waals surface area contributed by atoms with E-state index >= 15 is 0 Å². The van der Waals surface area contributed by atoms with Gasteiger partial charge in [0, 0.05) is 5.02 Å². The van der Waals surface area contributed by atoms with Gasteiger partial charge in [-0.3, -0.25) is 0 Å². The minimum atomic E-state index is 0.696. The first-order chi connectivity index (χ1) is 8.13. The number of rotatable bonds is 2. The molecular formula is C12H10ClN3S. The Morgan fingerprint density at radius 1 is 1.29 bits per heavy atom. The molecule has 3 nitrogen and oxygen atoms in total. The maximum atomic E-state index is 8.74. The number of benzene rings is 1. The van der Waals surface area contributed by atoms with Crippen LogP contribution in [0.2, 0.25) is 5.02 Å². The first-order valence-electron chi connectivity index (χ1n) is 5.01. The summed E-state index contributed by atoms with van der Waals surface area (Å²) in [5.74, 6) is 0. The number of thioether (sulfide) groups is 1. The Kier molecular flexibility index (Phi) is 3.41. The average Bonchev–Trinajstić information content (AvgIpc) is 2.59. The van der Waals surface area contributed by atoms with Crippen molar-refractivity contribution in [2.45, 2.75) is 18.7 Å². The number of halogens is 1. The van der Waals surface area contributed by atoms with Crippen molar-refractivity contribution in [2.75, 3.05) is 0 Å². The largest absolute Gasteiger partial charge is 0.237 e. The van der Waals surface area contributed by atoms with Crippen LogP contribution < -0.4 is 0 Å². The van der Waals surface area contributed by atoms with Gasteiger partial charge in [0.15, 0.2) is 0 Å². The normalized spacial score (nSPS) is 10.2. The van der Waals surface area contributed by atoms with Crippen LogP contribution in [0.15, 0.2) is 29.2 Å². The number of aromatic nitrogens is 2. The Hall–Kier alpha value is -1.44. The van der Waals surface area contributed by atoms with Gasteiger partial charge in [-0.1, -0.05) is 11.6 Å². The molecule has 0 spiro atoms. The second kappa shape index (κ2) is 4.82. The van der Waals surface area contributed by atoms with Gasteiger partial charge in [-0.25, -0.2) is 4.68 Å². The molecular weight excluding hydrogens is 254 g/mol. The van der Waals surface area contributed by atoms with E-state index in [1.807, 2.05) is 42.8 Å². The predicted octanol–water partition coefficient (Wildman–Crippen LogP) is 3.72. The summed E-state index contributed by atoms with van der Waals surface area (Å²) >= 11 is 6.99. The molecule has 2 aromatic rings. The molecule has 0 bridgehead atoms. The van der Waals surface area contributed by atoms with Gasteiger partial charge < -0.3 is 0 Å². The summed E-state index contributed by atoms with van der Waals surface area (Å²) in [4.78, 5) is 0.919. The van der Waals surface area contributed by atoms with E-state index in [0.29, 0.717) is 5.02 Å². The Bertz CT molecular complexity index is 581. The minimum absolute atomic E-state index is 0.696. The van der Waals surface area contributed by atoms with Gasteiger partial charge in [0.2, 0.25) is 0 Å². The monoisotopic (exact) mass is 263 g/mol. The van der Waals surface area contributed by atoms with Crippen LogP contribution in [0.3, 0.4) is 0 Å². The molecule has 0 saturated carbocycles. The minimum Gasteiger partial charge on any atom is -0.237 e. The zero-order valence-corrected chi connectivity index (χ0v) is 11.0. The van der Waals surface area contributed by atoms with E-state index in [0.717, 1.165) is 33.7 Å². The van der Waals surface area contributed by atoms with E-state index in [-0.39, 0.29) is 0 Å². The molecule has 5 heteroatoms. The summed E-state index contributed by atoms with van der Waals surface area (Å²) in [5.41, 5.74) is 2.78. The number of aryl methyl sites for hydroxylation is 1. The summed E-state index contributed by atoms with van der Waals surface area (Å²) in [6.45, 7) is 3.85. The van der Waals surface area contributed by atoms with Crippen LogP contribution in [0.1, 0.15) is 11.4 Å². The highest BCUT2D eigenvalue weighted by molar-refractivity contribution is 8.03.